The monoisotopic (exact) mass is 279 g/mol. The first-order valence-corrected chi connectivity index (χ1v) is 7.48. The van der Waals surface area contributed by atoms with Crippen molar-refractivity contribution in [1.29, 1.82) is 0 Å². The third kappa shape index (κ3) is 5.51. The topological polar surface area (TPSA) is 30.5 Å². The lowest BCUT2D eigenvalue weighted by molar-refractivity contribution is 0.107. The molecule has 3 heteroatoms. The van der Waals surface area contributed by atoms with E-state index in [0.717, 1.165) is 24.7 Å². The Morgan fingerprint density at radius 3 is 2.60 bits per heavy atom. The van der Waals surface area contributed by atoms with Crippen LogP contribution in [0.25, 0.3) is 0 Å². The average molecular weight is 279 g/mol. The Kier molecular flexibility index (Phi) is 7.63. The van der Waals surface area contributed by atoms with Gasteiger partial charge in [0.1, 0.15) is 5.75 Å². The Bertz CT molecular complexity index is 391. The number of hydrogen-bond acceptors (Lipinski definition) is 3. The van der Waals surface area contributed by atoms with Gasteiger partial charge in [-0.25, -0.2) is 0 Å². The van der Waals surface area contributed by atoms with Crippen molar-refractivity contribution in [2.45, 2.75) is 39.7 Å². The molecule has 114 valence electrons. The molecule has 0 saturated carbocycles. The Morgan fingerprint density at radius 2 is 2.00 bits per heavy atom. The van der Waals surface area contributed by atoms with Crippen LogP contribution in [0.4, 0.5) is 0 Å². The van der Waals surface area contributed by atoms with Crippen LogP contribution in [0.15, 0.2) is 18.2 Å². The van der Waals surface area contributed by atoms with E-state index in [4.69, 9.17) is 9.47 Å². The number of aryl methyl sites for hydroxylation is 1. The van der Waals surface area contributed by atoms with Crippen molar-refractivity contribution in [2.24, 2.45) is 5.92 Å². The third-order valence-electron chi connectivity index (χ3n) is 3.46. The second-order valence-corrected chi connectivity index (χ2v) is 5.70. The predicted molar refractivity (Wildman–Crippen MR) is 84.4 cm³/mol. The second kappa shape index (κ2) is 8.98. The van der Waals surface area contributed by atoms with Gasteiger partial charge < -0.3 is 14.8 Å². The van der Waals surface area contributed by atoms with Crippen LogP contribution in [0.3, 0.4) is 0 Å². The lowest BCUT2D eigenvalue weighted by Gasteiger charge is -2.20. The Labute approximate surface area is 123 Å². The zero-order chi connectivity index (χ0) is 15.0. The first-order valence-electron chi connectivity index (χ1n) is 7.48. The van der Waals surface area contributed by atoms with Crippen LogP contribution in [0.2, 0.25) is 0 Å². The van der Waals surface area contributed by atoms with Crippen LogP contribution in [0.1, 0.15) is 43.9 Å². The molecule has 3 nitrogen and oxygen atoms in total. The summed E-state index contributed by atoms with van der Waals surface area (Å²) in [5.41, 5.74) is 2.40. The first-order chi connectivity index (χ1) is 9.58. The van der Waals surface area contributed by atoms with Gasteiger partial charge in [0.25, 0.3) is 0 Å². The van der Waals surface area contributed by atoms with Gasteiger partial charge in [0, 0.05) is 12.2 Å². The summed E-state index contributed by atoms with van der Waals surface area (Å²) >= 11 is 0. The van der Waals surface area contributed by atoms with Crippen LogP contribution < -0.4 is 10.1 Å². The van der Waals surface area contributed by atoms with Crippen molar-refractivity contribution in [3.05, 3.63) is 29.3 Å². The summed E-state index contributed by atoms with van der Waals surface area (Å²) in [5, 5.41) is 3.31. The van der Waals surface area contributed by atoms with Gasteiger partial charge in [-0.3, -0.25) is 0 Å². The fraction of sp³-hybridized carbons (Fsp3) is 0.647. The first kappa shape index (κ1) is 17.0. The Morgan fingerprint density at radius 1 is 1.25 bits per heavy atom. The van der Waals surface area contributed by atoms with E-state index in [1.807, 2.05) is 13.1 Å². The van der Waals surface area contributed by atoms with E-state index in [9.17, 15) is 0 Å². The van der Waals surface area contributed by atoms with Gasteiger partial charge in [0.05, 0.1) is 19.8 Å². The normalized spacial score (nSPS) is 12.7. The highest BCUT2D eigenvalue weighted by molar-refractivity contribution is 5.39. The maximum atomic E-state index is 5.81. The Balaban J connectivity index is 2.55. The molecular formula is C17H29NO2. The molecule has 0 aliphatic carbocycles. The molecule has 0 aliphatic heterocycles. The summed E-state index contributed by atoms with van der Waals surface area (Å²) < 4.78 is 11.3. The number of benzene rings is 1. The molecule has 1 rings (SSSR count). The van der Waals surface area contributed by atoms with E-state index in [1.54, 1.807) is 7.11 Å². The summed E-state index contributed by atoms with van der Waals surface area (Å²) in [6.07, 6.45) is 2.34. The molecule has 1 aromatic rings. The van der Waals surface area contributed by atoms with Crippen LogP contribution in [-0.4, -0.2) is 27.4 Å². The summed E-state index contributed by atoms with van der Waals surface area (Å²) in [6, 6.07) is 6.42. The molecule has 0 aliphatic rings. The van der Waals surface area contributed by atoms with Crippen molar-refractivity contribution in [1.82, 2.24) is 5.32 Å². The molecular weight excluding hydrogens is 250 g/mol. The smallest absolute Gasteiger partial charge is 0.123 e. The summed E-state index contributed by atoms with van der Waals surface area (Å²) in [7, 11) is 3.67. The third-order valence-corrected chi connectivity index (χ3v) is 3.46. The fourth-order valence-electron chi connectivity index (χ4n) is 2.25. The zero-order valence-corrected chi connectivity index (χ0v) is 13.5. The molecule has 1 N–H and O–H groups in total. The number of likely N-dealkylation sites (N-methyl/N-ethyl adjacent to an activating group) is 1. The van der Waals surface area contributed by atoms with Crippen LogP contribution in [0.5, 0.6) is 5.75 Å². The van der Waals surface area contributed by atoms with Crippen molar-refractivity contribution in [3.63, 3.8) is 0 Å². The zero-order valence-electron chi connectivity index (χ0n) is 13.5. The number of ether oxygens (including phenoxy) is 2. The van der Waals surface area contributed by atoms with E-state index < -0.39 is 0 Å². The Hall–Kier alpha value is -1.06. The molecule has 0 heterocycles. The van der Waals surface area contributed by atoms with E-state index in [1.165, 1.54) is 17.5 Å². The maximum absolute atomic E-state index is 5.81. The van der Waals surface area contributed by atoms with Crippen LogP contribution in [-0.2, 0) is 4.74 Å². The summed E-state index contributed by atoms with van der Waals surface area (Å²) in [6.45, 7) is 8.08. The standard InChI is InChI=1S/C17H29NO2/c1-13(2)7-6-10-20-12-16(18-4)15-11-14(3)8-9-17(15)19-5/h8-9,11,13,16,18H,6-7,10,12H2,1-5H3. The van der Waals surface area contributed by atoms with Gasteiger partial charge in [-0.1, -0.05) is 31.5 Å². The quantitative estimate of drug-likeness (QED) is 0.699. The van der Waals surface area contributed by atoms with Crippen molar-refractivity contribution in [2.75, 3.05) is 27.4 Å². The minimum atomic E-state index is 0.170. The minimum absolute atomic E-state index is 0.170. The van der Waals surface area contributed by atoms with Gasteiger partial charge in [0.2, 0.25) is 0 Å². The molecule has 20 heavy (non-hydrogen) atoms. The highest BCUT2D eigenvalue weighted by Gasteiger charge is 2.14. The van der Waals surface area contributed by atoms with Crippen molar-refractivity contribution in [3.8, 4) is 5.75 Å². The molecule has 0 amide bonds. The van der Waals surface area contributed by atoms with Crippen LogP contribution in [0, 0.1) is 12.8 Å². The molecule has 0 saturated heterocycles. The molecule has 0 aromatic heterocycles. The van der Waals surface area contributed by atoms with Gasteiger partial charge in [-0.05, 0) is 38.8 Å². The number of rotatable bonds is 9. The van der Waals surface area contributed by atoms with E-state index in [-0.39, 0.29) is 6.04 Å². The predicted octanol–water partition coefficient (Wildman–Crippen LogP) is 3.72. The summed E-state index contributed by atoms with van der Waals surface area (Å²) in [4.78, 5) is 0. The highest BCUT2D eigenvalue weighted by atomic mass is 16.5. The van der Waals surface area contributed by atoms with Crippen molar-refractivity contribution >= 4 is 0 Å². The second-order valence-electron chi connectivity index (χ2n) is 5.70. The lowest BCUT2D eigenvalue weighted by atomic mass is 10.0. The van der Waals surface area contributed by atoms with E-state index >= 15 is 0 Å². The van der Waals surface area contributed by atoms with Gasteiger partial charge in [-0.2, -0.15) is 0 Å². The van der Waals surface area contributed by atoms with E-state index in [2.05, 4.69) is 38.2 Å². The number of methoxy groups -OCH3 is 1. The average Bonchev–Trinajstić information content (AvgIpc) is 2.42. The van der Waals surface area contributed by atoms with Crippen LogP contribution >= 0.6 is 0 Å². The van der Waals surface area contributed by atoms with E-state index in [0.29, 0.717) is 6.61 Å². The molecule has 0 fully saturated rings. The summed E-state index contributed by atoms with van der Waals surface area (Å²) in [5.74, 6) is 1.66. The molecule has 1 aromatic carbocycles. The molecule has 1 unspecified atom stereocenters. The number of hydrogen-bond donors (Lipinski definition) is 1. The SMILES string of the molecule is CNC(COCCCC(C)C)c1cc(C)ccc1OC. The van der Waals surface area contributed by atoms with Gasteiger partial charge >= 0.3 is 0 Å². The van der Waals surface area contributed by atoms with Gasteiger partial charge in [0.15, 0.2) is 0 Å². The maximum Gasteiger partial charge on any atom is 0.123 e. The molecule has 0 radical (unpaired) electrons. The molecule has 1 atom stereocenters. The molecule has 0 spiro atoms. The number of nitrogens with one attached hydrogen (secondary N) is 1. The molecule has 0 bridgehead atoms. The minimum Gasteiger partial charge on any atom is -0.496 e. The van der Waals surface area contributed by atoms with Crippen molar-refractivity contribution < 1.29 is 9.47 Å². The highest BCUT2D eigenvalue weighted by Crippen LogP contribution is 2.26. The van der Waals surface area contributed by atoms with Gasteiger partial charge in [-0.15, -0.1) is 0 Å². The largest absolute Gasteiger partial charge is 0.496 e. The fourth-order valence-corrected chi connectivity index (χ4v) is 2.25. The lowest BCUT2D eigenvalue weighted by Crippen LogP contribution is -2.23.